The van der Waals surface area contributed by atoms with Gasteiger partial charge < -0.3 is 14.4 Å². The lowest BCUT2D eigenvalue weighted by atomic mass is 9.80. The van der Waals surface area contributed by atoms with E-state index in [1.54, 1.807) is 6.20 Å². The van der Waals surface area contributed by atoms with Crippen molar-refractivity contribution in [2.75, 3.05) is 7.11 Å². The molecule has 0 bridgehead atoms. The third-order valence-electron chi connectivity index (χ3n) is 7.37. The molecule has 0 aliphatic heterocycles. The molecule has 0 radical (unpaired) electrons. The second-order valence-corrected chi connectivity index (χ2v) is 10.0. The lowest BCUT2D eigenvalue weighted by Crippen LogP contribution is -2.37. The zero-order valence-electron chi connectivity index (χ0n) is 20.1. The van der Waals surface area contributed by atoms with Gasteiger partial charge in [0.15, 0.2) is 22.9 Å². The molecule has 1 fully saturated rings. The molecule has 1 aromatic carbocycles. The summed E-state index contributed by atoms with van der Waals surface area (Å²) in [6, 6.07) is 7.78. The molecule has 1 aliphatic carbocycles. The van der Waals surface area contributed by atoms with Crippen LogP contribution in [0.3, 0.4) is 0 Å². The van der Waals surface area contributed by atoms with Crippen LogP contribution < -0.4 is 0 Å². The van der Waals surface area contributed by atoms with E-state index in [0.717, 1.165) is 23.1 Å². The van der Waals surface area contributed by atoms with Crippen LogP contribution in [0.4, 0.5) is 8.78 Å². The predicted octanol–water partition coefficient (Wildman–Crippen LogP) is 5.11. The second-order valence-electron chi connectivity index (χ2n) is 10.0. The minimum absolute atomic E-state index is 0.139. The van der Waals surface area contributed by atoms with Crippen molar-refractivity contribution in [2.24, 2.45) is 0 Å². The molecule has 0 saturated heterocycles. The normalized spacial score (nSPS) is 20.3. The van der Waals surface area contributed by atoms with Gasteiger partial charge in [-0.2, -0.15) is 10.4 Å². The Bertz CT molecular complexity index is 1550. The Labute approximate surface area is 205 Å². The Balaban J connectivity index is 1.88. The number of halogens is 2. The number of carbonyl (C=O) groups is 1. The molecule has 1 aliphatic rings. The molecule has 10 heteroatoms. The first-order valence-electron chi connectivity index (χ1n) is 11.6. The maximum absolute atomic E-state index is 14.4. The maximum Gasteiger partial charge on any atom is 0.335 e. The fourth-order valence-electron chi connectivity index (χ4n) is 5.54. The number of aromatic nitrogens is 4. The van der Waals surface area contributed by atoms with Crippen LogP contribution in [0.15, 0.2) is 30.5 Å². The number of nitrogens with one attached hydrogen (secondary N) is 1. The monoisotopic (exact) mass is 493 g/mol. The van der Waals surface area contributed by atoms with E-state index < -0.39 is 28.6 Å². The molecule has 0 spiro atoms. The van der Waals surface area contributed by atoms with Crippen LogP contribution in [0.5, 0.6) is 0 Å². The first-order valence-corrected chi connectivity index (χ1v) is 11.6. The minimum Gasteiger partial charge on any atom is -0.479 e. The van der Waals surface area contributed by atoms with Gasteiger partial charge in [-0.15, -0.1) is 0 Å². The SMILES string of the molecule is CO[C@@]1(C(=O)O)CC[C@@H](c2c(C(C)(C)CC#N)n(-c3ccc(F)c(F)c3)c3cc4cn[nH]c4nc23)C1. The van der Waals surface area contributed by atoms with Gasteiger partial charge in [0, 0.05) is 47.3 Å². The summed E-state index contributed by atoms with van der Waals surface area (Å²) in [4.78, 5) is 17.0. The van der Waals surface area contributed by atoms with E-state index >= 15 is 0 Å². The molecule has 3 heterocycles. The lowest BCUT2D eigenvalue weighted by Gasteiger charge is -2.28. The van der Waals surface area contributed by atoms with Crippen molar-refractivity contribution >= 4 is 28.0 Å². The first-order chi connectivity index (χ1) is 17.1. The van der Waals surface area contributed by atoms with Crippen LogP contribution in [0.1, 0.15) is 56.7 Å². The van der Waals surface area contributed by atoms with E-state index in [2.05, 4.69) is 16.3 Å². The van der Waals surface area contributed by atoms with Crippen LogP contribution in [-0.2, 0) is 14.9 Å². The molecule has 3 aromatic heterocycles. The number of carboxylic acid groups (broad SMARTS) is 1. The summed E-state index contributed by atoms with van der Waals surface area (Å²) < 4.78 is 35.6. The minimum atomic E-state index is -1.34. The van der Waals surface area contributed by atoms with Crippen LogP contribution in [0.2, 0.25) is 0 Å². The molecule has 36 heavy (non-hydrogen) atoms. The lowest BCUT2D eigenvalue weighted by molar-refractivity contribution is -0.161. The number of nitrogens with zero attached hydrogens (tertiary/aromatic N) is 4. The standard InChI is InChI=1S/C26H25F2N5O3/c1-25(2,8-9-29)22-20(14-6-7-26(12-14,36-3)24(34)35)21-19(10-15-13-30-32-23(15)31-21)33(22)16-4-5-17(27)18(28)11-16/h4-5,10-11,13-14H,6-8,12H2,1-3H3,(H,34,35)(H,30,31,32)/t14-,26+/m1/s1. The number of fused-ring (bicyclic) bond motifs is 2. The van der Waals surface area contributed by atoms with Gasteiger partial charge in [0.05, 0.1) is 23.3 Å². The summed E-state index contributed by atoms with van der Waals surface area (Å²) in [7, 11) is 1.40. The van der Waals surface area contributed by atoms with Crippen molar-refractivity contribution in [1.29, 1.82) is 5.26 Å². The Hall–Kier alpha value is -3.84. The smallest absolute Gasteiger partial charge is 0.335 e. The maximum atomic E-state index is 14.4. The van der Waals surface area contributed by atoms with Crippen molar-refractivity contribution in [3.63, 3.8) is 0 Å². The third kappa shape index (κ3) is 3.54. The van der Waals surface area contributed by atoms with Gasteiger partial charge in [-0.25, -0.2) is 18.6 Å². The quantitative estimate of drug-likeness (QED) is 0.386. The van der Waals surface area contributed by atoms with Gasteiger partial charge in [-0.05, 0) is 43.4 Å². The van der Waals surface area contributed by atoms with Crippen LogP contribution >= 0.6 is 0 Å². The number of rotatable bonds is 6. The fourth-order valence-corrected chi connectivity index (χ4v) is 5.54. The number of hydrogen-bond donors (Lipinski definition) is 2. The number of ether oxygens (including phenoxy) is 1. The molecule has 0 unspecified atom stereocenters. The van der Waals surface area contributed by atoms with Crippen molar-refractivity contribution in [3.8, 4) is 11.8 Å². The van der Waals surface area contributed by atoms with Crippen molar-refractivity contribution in [3.05, 3.63) is 53.4 Å². The molecule has 4 aromatic rings. The number of methoxy groups -OCH3 is 1. The molecular formula is C26H25F2N5O3. The Morgan fingerprint density at radius 1 is 1.36 bits per heavy atom. The van der Waals surface area contributed by atoms with Crippen LogP contribution in [0, 0.1) is 23.0 Å². The molecule has 186 valence electrons. The fraction of sp³-hybridized carbons (Fsp3) is 0.385. The number of hydrogen-bond acceptors (Lipinski definition) is 5. The van der Waals surface area contributed by atoms with E-state index in [0.29, 0.717) is 40.9 Å². The predicted molar refractivity (Wildman–Crippen MR) is 128 cm³/mol. The zero-order valence-corrected chi connectivity index (χ0v) is 20.1. The Morgan fingerprint density at radius 2 is 2.14 bits per heavy atom. The molecular weight excluding hydrogens is 468 g/mol. The van der Waals surface area contributed by atoms with Crippen molar-refractivity contribution < 1.29 is 23.4 Å². The Morgan fingerprint density at radius 3 is 2.78 bits per heavy atom. The van der Waals surface area contributed by atoms with Crippen molar-refractivity contribution in [2.45, 2.75) is 56.5 Å². The summed E-state index contributed by atoms with van der Waals surface area (Å²) >= 11 is 0. The van der Waals surface area contributed by atoms with Gasteiger partial charge in [-0.1, -0.05) is 13.8 Å². The topological polar surface area (TPSA) is 117 Å². The summed E-state index contributed by atoms with van der Waals surface area (Å²) in [6.45, 7) is 3.82. The molecule has 5 rings (SSSR count). The van der Waals surface area contributed by atoms with Crippen LogP contribution in [0.25, 0.3) is 27.8 Å². The highest BCUT2D eigenvalue weighted by molar-refractivity contribution is 5.94. The number of aromatic amines is 1. The Kier molecular flexibility index (Phi) is 5.56. The van der Waals surface area contributed by atoms with Crippen molar-refractivity contribution in [1.82, 2.24) is 19.7 Å². The number of benzene rings is 1. The first kappa shape index (κ1) is 23.9. The van der Waals surface area contributed by atoms with E-state index in [-0.39, 0.29) is 18.8 Å². The average Bonchev–Trinajstić information content (AvgIpc) is 3.55. The number of nitriles is 1. The highest BCUT2D eigenvalue weighted by Crippen LogP contribution is 2.50. The second kappa shape index (κ2) is 8.38. The highest BCUT2D eigenvalue weighted by Gasteiger charge is 2.48. The van der Waals surface area contributed by atoms with Gasteiger partial charge in [0.25, 0.3) is 0 Å². The van der Waals surface area contributed by atoms with E-state index in [9.17, 15) is 23.9 Å². The van der Waals surface area contributed by atoms with E-state index in [4.69, 9.17) is 9.72 Å². The third-order valence-corrected chi connectivity index (χ3v) is 7.37. The average molecular weight is 494 g/mol. The molecule has 1 saturated carbocycles. The molecule has 0 amide bonds. The summed E-state index contributed by atoms with van der Waals surface area (Å²) in [6.07, 6.45) is 2.82. The zero-order chi connectivity index (χ0) is 25.8. The summed E-state index contributed by atoms with van der Waals surface area (Å²) in [5, 5.41) is 27.3. The van der Waals surface area contributed by atoms with Gasteiger partial charge in [0.1, 0.15) is 0 Å². The molecule has 8 nitrogen and oxygen atoms in total. The van der Waals surface area contributed by atoms with Gasteiger partial charge >= 0.3 is 5.97 Å². The number of H-pyrrole nitrogens is 1. The number of aliphatic carboxylic acids is 1. The van der Waals surface area contributed by atoms with Crippen LogP contribution in [-0.4, -0.2) is 43.5 Å². The van der Waals surface area contributed by atoms with Gasteiger partial charge in [-0.3, -0.25) is 5.10 Å². The highest BCUT2D eigenvalue weighted by atomic mass is 19.2. The van der Waals surface area contributed by atoms with Gasteiger partial charge in [0.2, 0.25) is 0 Å². The summed E-state index contributed by atoms with van der Waals surface area (Å²) in [5.74, 6) is -3.25. The molecule has 2 N–H and O–H groups in total. The van der Waals surface area contributed by atoms with E-state index in [1.165, 1.54) is 13.2 Å². The number of pyridine rings is 1. The molecule has 2 atom stereocenters. The van der Waals surface area contributed by atoms with E-state index in [1.807, 2.05) is 24.5 Å². The summed E-state index contributed by atoms with van der Waals surface area (Å²) in [5.41, 5.74) is 1.58. The largest absolute Gasteiger partial charge is 0.479 e. The number of carboxylic acids is 1.